The van der Waals surface area contributed by atoms with Crippen molar-refractivity contribution in [2.45, 2.75) is 46.0 Å². The molecule has 0 aromatic heterocycles. The number of benzene rings is 3. The smallest absolute Gasteiger partial charge is 0.119 e. The van der Waals surface area contributed by atoms with Crippen LogP contribution in [0.25, 0.3) is 0 Å². The zero-order valence-electron chi connectivity index (χ0n) is 19.8. The fourth-order valence-corrected chi connectivity index (χ4v) is 3.47. The molecule has 1 nitrogen and oxygen atoms in total. The van der Waals surface area contributed by atoms with Crippen molar-refractivity contribution in [3.63, 3.8) is 0 Å². The third-order valence-corrected chi connectivity index (χ3v) is 5.35. The number of hydrogen-bond donors (Lipinski definition) is 0. The van der Waals surface area contributed by atoms with Gasteiger partial charge >= 0.3 is 0 Å². The molecule has 0 N–H and O–H groups in total. The van der Waals surface area contributed by atoms with E-state index in [1.54, 1.807) is 0 Å². The summed E-state index contributed by atoms with van der Waals surface area (Å²) in [6.07, 6.45) is 7.07. The number of ether oxygens (including phenoxy) is 1. The van der Waals surface area contributed by atoms with E-state index in [1.165, 1.54) is 11.1 Å². The Labute approximate surface area is 199 Å². The molecule has 3 rings (SSSR count). The molecule has 0 spiro atoms. The molecule has 0 saturated heterocycles. The van der Waals surface area contributed by atoms with Gasteiger partial charge in [-0.25, -0.2) is 0 Å². The maximum Gasteiger partial charge on any atom is 0.119 e. The molecule has 33 heavy (non-hydrogen) atoms. The van der Waals surface area contributed by atoms with Crippen LogP contribution in [0.15, 0.2) is 79.4 Å². The van der Waals surface area contributed by atoms with Gasteiger partial charge in [0.15, 0.2) is 0 Å². The van der Waals surface area contributed by atoms with Crippen LogP contribution in [-0.2, 0) is 12.8 Å². The van der Waals surface area contributed by atoms with Gasteiger partial charge in [-0.1, -0.05) is 62.2 Å². The van der Waals surface area contributed by atoms with Gasteiger partial charge in [0.2, 0.25) is 0 Å². The molecule has 0 aliphatic heterocycles. The molecular formula is C32H32O. The van der Waals surface area contributed by atoms with Crippen LogP contribution >= 0.6 is 0 Å². The van der Waals surface area contributed by atoms with Crippen molar-refractivity contribution in [3.05, 3.63) is 113 Å². The van der Waals surface area contributed by atoms with E-state index in [2.05, 4.69) is 86.6 Å². The monoisotopic (exact) mass is 432 g/mol. The first kappa shape index (κ1) is 24.0. The third kappa shape index (κ3) is 7.75. The lowest BCUT2D eigenvalue weighted by molar-refractivity contribution is 0.312. The van der Waals surface area contributed by atoms with E-state index >= 15 is 0 Å². The van der Waals surface area contributed by atoms with E-state index in [9.17, 15) is 0 Å². The van der Waals surface area contributed by atoms with Crippen molar-refractivity contribution in [1.29, 1.82) is 0 Å². The van der Waals surface area contributed by atoms with Gasteiger partial charge in [0.1, 0.15) is 5.75 Å². The summed E-state index contributed by atoms with van der Waals surface area (Å²) >= 11 is 0. The van der Waals surface area contributed by atoms with E-state index in [1.807, 2.05) is 30.3 Å². The molecule has 3 aromatic carbocycles. The Kier molecular flexibility index (Phi) is 9.45. The Bertz CT molecular complexity index is 1160. The predicted octanol–water partition coefficient (Wildman–Crippen LogP) is 7.35. The van der Waals surface area contributed by atoms with E-state index in [0.717, 1.165) is 60.1 Å². The molecule has 1 heteroatoms. The van der Waals surface area contributed by atoms with Gasteiger partial charge in [0.05, 0.1) is 6.61 Å². The SMILES string of the molecule is C=CCCCOc1ccc(C#Cc2ccc(C#Cc3ccc(CCC)cc3)cc2CC)cc1. The third-order valence-electron chi connectivity index (χ3n) is 5.35. The highest BCUT2D eigenvalue weighted by Gasteiger charge is 2.00. The van der Waals surface area contributed by atoms with Crippen molar-refractivity contribution in [2.24, 2.45) is 0 Å². The number of unbranched alkanes of at least 4 members (excludes halogenated alkanes) is 1. The van der Waals surface area contributed by atoms with Crippen LogP contribution in [0.1, 0.15) is 66.5 Å². The van der Waals surface area contributed by atoms with Crippen LogP contribution in [0.2, 0.25) is 0 Å². The highest BCUT2D eigenvalue weighted by Crippen LogP contribution is 2.15. The molecule has 166 valence electrons. The minimum atomic E-state index is 0.705. The van der Waals surface area contributed by atoms with E-state index in [0.29, 0.717) is 6.61 Å². The zero-order chi connectivity index (χ0) is 23.3. The van der Waals surface area contributed by atoms with Gasteiger partial charge in [0.25, 0.3) is 0 Å². The minimum Gasteiger partial charge on any atom is -0.494 e. The van der Waals surface area contributed by atoms with Gasteiger partial charge in [-0.15, -0.1) is 6.58 Å². The molecule has 3 aromatic rings. The summed E-state index contributed by atoms with van der Waals surface area (Å²) in [6.45, 7) is 8.79. The Hall–Kier alpha value is -3.68. The fourth-order valence-electron chi connectivity index (χ4n) is 3.47. The highest BCUT2D eigenvalue weighted by atomic mass is 16.5. The van der Waals surface area contributed by atoms with Crippen LogP contribution in [0.5, 0.6) is 5.75 Å². The zero-order valence-corrected chi connectivity index (χ0v) is 19.8. The standard InChI is InChI=1S/C32H32O/c1-4-7-8-24-33-32-22-18-28(19-23-32)16-20-31-21-17-29(25-30(31)6-3)15-14-27-12-10-26(9-5-2)11-13-27/h4,10-13,17-19,21-23,25H,1,5-9,24H2,2-3H3. The molecule has 0 saturated carbocycles. The number of rotatable bonds is 8. The second kappa shape index (κ2) is 13.0. The first-order chi connectivity index (χ1) is 16.2. The lowest BCUT2D eigenvalue weighted by Crippen LogP contribution is -1.96. The van der Waals surface area contributed by atoms with Crippen LogP contribution in [0.3, 0.4) is 0 Å². The summed E-state index contributed by atoms with van der Waals surface area (Å²) in [6, 6.07) is 22.8. The van der Waals surface area contributed by atoms with Gasteiger partial charge in [-0.3, -0.25) is 0 Å². The number of hydrogen-bond acceptors (Lipinski definition) is 1. The molecule has 0 bridgehead atoms. The molecular weight excluding hydrogens is 400 g/mol. The molecule has 0 aliphatic rings. The second-order valence-electron chi connectivity index (χ2n) is 7.98. The normalized spacial score (nSPS) is 9.88. The molecule has 0 atom stereocenters. The van der Waals surface area contributed by atoms with Gasteiger partial charge < -0.3 is 4.74 Å². The van der Waals surface area contributed by atoms with Crippen LogP contribution in [0.4, 0.5) is 0 Å². The van der Waals surface area contributed by atoms with Gasteiger partial charge in [-0.05, 0) is 91.4 Å². The topological polar surface area (TPSA) is 9.23 Å². The van der Waals surface area contributed by atoms with Crippen LogP contribution < -0.4 is 4.74 Å². The molecule has 0 amide bonds. The van der Waals surface area contributed by atoms with Crippen molar-refractivity contribution in [2.75, 3.05) is 6.61 Å². The molecule has 0 radical (unpaired) electrons. The Morgan fingerprint density at radius 2 is 1.42 bits per heavy atom. The Morgan fingerprint density at radius 3 is 2.09 bits per heavy atom. The maximum atomic E-state index is 5.74. The lowest BCUT2D eigenvalue weighted by Gasteiger charge is -2.05. The largest absolute Gasteiger partial charge is 0.494 e. The van der Waals surface area contributed by atoms with Crippen molar-refractivity contribution < 1.29 is 4.74 Å². The lowest BCUT2D eigenvalue weighted by atomic mass is 10.0. The van der Waals surface area contributed by atoms with E-state index < -0.39 is 0 Å². The summed E-state index contributed by atoms with van der Waals surface area (Å²) in [5.41, 5.74) is 6.68. The number of aryl methyl sites for hydroxylation is 2. The molecule has 0 fully saturated rings. The van der Waals surface area contributed by atoms with Crippen LogP contribution in [-0.4, -0.2) is 6.61 Å². The van der Waals surface area contributed by atoms with Crippen molar-refractivity contribution >= 4 is 0 Å². The maximum absolute atomic E-state index is 5.74. The first-order valence-electron chi connectivity index (χ1n) is 11.8. The van der Waals surface area contributed by atoms with Crippen molar-refractivity contribution in [3.8, 4) is 29.4 Å². The Balaban J connectivity index is 1.67. The van der Waals surface area contributed by atoms with Crippen molar-refractivity contribution in [1.82, 2.24) is 0 Å². The van der Waals surface area contributed by atoms with E-state index in [4.69, 9.17) is 4.74 Å². The predicted molar refractivity (Wildman–Crippen MR) is 140 cm³/mol. The van der Waals surface area contributed by atoms with Gasteiger partial charge in [0, 0.05) is 22.3 Å². The van der Waals surface area contributed by atoms with Crippen LogP contribution in [0, 0.1) is 23.7 Å². The number of allylic oxidation sites excluding steroid dienone is 1. The minimum absolute atomic E-state index is 0.705. The first-order valence-corrected chi connectivity index (χ1v) is 11.8. The van der Waals surface area contributed by atoms with Gasteiger partial charge in [-0.2, -0.15) is 0 Å². The molecule has 0 heterocycles. The summed E-state index contributed by atoms with van der Waals surface area (Å²) in [7, 11) is 0. The summed E-state index contributed by atoms with van der Waals surface area (Å²) in [4.78, 5) is 0. The Morgan fingerprint density at radius 1 is 0.788 bits per heavy atom. The molecule has 0 aliphatic carbocycles. The second-order valence-corrected chi connectivity index (χ2v) is 7.98. The summed E-state index contributed by atoms with van der Waals surface area (Å²) in [5.74, 6) is 14.1. The fraction of sp³-hybridized carbons (Fsp3) is 0.250. The average molecular weight is 433 g/mol. The molecule has 0 unspecified atom stereocenters. The highest BCUT2D eigenvalue weighted by molar-refractivity contribution is 5.52. The van der Waals surface area contributed by atoms with E-state index in [-0.39, 0.29) is 0 Å². The quantitative estimate of drug-likeness (QED) is 0.205. The summed E-state index contributed by atoms with van der Waals surface area (Å²) in [5, 5.41) is 0. The summed E-state index contributed by atoms with van der Waals surface area (Å²) < 4.78 is 5.74. The average Bonchev–Trinajstić information content (AvgIpc) is 2.86.